The smallest absolute Gasteiger partial charge is 0.219 e. The van der Waals surface area contributed by atoms with E-state index in [4.69, 9.17) is 5.73 Å². The molecule has 2 aromatic rings. The minimum absolute atomic E-state index is 0.0250. The van der Waals surface area contributed by atoms with Gasteiger partial charge in [-0.25, -0.2) is 0 Å². The number of hydrogen-bond acceptors (Lipinski definition) is 2. The molecule has 16 heavy (non-hydrogen) atoms. The molecule has 0 aliphatic carbocycles. The first kappa shape index (κ1) is 10.7. The van der Waals surface area contributed by atoms with Crippen molar-refractivity contribution in [1.29, 1.82) is 0 Å². The number of aliphatic hydroxyl groups is 1. The molecule has 1 amide bonds. The number of carbonyl (C=O) groups excluding carboxylic acids is 1. The summed E-state index contributed by atoms with van der Waals surface area (Å²) in [6.45, 7) is 0.602. The van der Waals surface area contributed by atoms with Crippen LogP contribution < -0.4 is 5.73 Å². The van der Waals surface area contributed by atoms with E-state index < -0.39 is 0 Å². The van der Waals surface area contributed by atoms with Gasteiger partial charge in [0.1, 0.15) is 0 Å². The van der Waals surface area contributed by atoms with Crippen LogP contribution in [0.4, 0.5) is 0 Å². The highest BCUT2D eigenvalue weighted by molar-refractivity contribution is 5.83. The van der Waals surface area contributed by atoms with Gasteiger partial charge < -0.3 is 15.4 Å². The molecule has 0 saturated heterocycles. The fourth-order valence-corrected chi connectivity index (χ4v) is 1.85. The minimum atomic E-state index is -0.305. The predicted molar refractivity (Wildman–Crippen MR) is 61.7 cm³/mol. The molecule has 0 fully saturated rings. The standard InChI is InChI=1S/C12H14N2O2/c13-12(16)5-7-14-6-4-10-9(8-15)2-1-3-11(10)14/h1-4,6,15H,5,7-8H2,(H2,13,16). The second-order valence-corrected chi connectivity index (χ2v) is 3.73. The van der Waals surface area contributed by atoms with Crippen LogP contribution in [-0.4, -0.2) is 15.6 Å². The summed E-state index contributed by atoms with van der Waals surface area (Å²) >= 11 is 0. The van der Waals surface area contributed by atoms with Gasteiger partial charge in [-0.05, 0) is 17.7 Å². The van der Waals surface area contributed by atoms with Crippen molar-refractivity contribution in [1.82, 2.24) is 4.57 Å². The average molecular weight is 218 g/mol. The summed E-state index contributed by atoms with van der Waals surface area (Å²) < 4.78 is 1.97. The first-order valence-electron chi connectivity index (χ1n) is 5.18. The van der Waals surface area contributed by atoms with E-state index in [0.717, 1.165) is 16.5 Å². The van der Waals surface area contributed by atoms with Crippen molar-refractivity contribution in [2.45, 2.75) is 19.6 Å². The first-order valence-corrected chi connectivity index (χ1v) is 5.18. The van der Waals surface area contributed by atoms with E-state index in [2.05, 4.69) is 0 Å². The second-order valence-electron chi connectivity index (χ2n) is 3.73. The van der Waals surface area contributed by atoms with Gasteiger partial charge >= 0.3 is 0 Å². The molecule has 2 rings (SSSR count). The highest BCUT2D eigenvalue weighted by Gasteiger charge is 2.05. The maximum atomic E-state index is 10.7. The number of aryl methyl sites for hydroxylation is 1. The van der Waals surface area contributed by atoms with Crippen LogP contribution in [0.25, 0.3) is 10.9 Å². The number of aromatic nitrogens is 1. The minimum Gasteiger partial charge on any atom is -0.392 e. The zero-order valence-corrected chi connectivity index (χ0v) is 8.89. The number of benzene rings is 1. The predicted octanol–water partition coefficient (Wildman–Crippen LogP) is 1.01. The van der Waals surface area contributed by atoms with Crippen molar-refractivity contribution < 1.29 is 9.90 Å². The van der Waals surface area contributed by atoms with E-state index in [1.165, 1.54) is 0 Å². The van der Waals surface area contributed by atoms with Crippen LogP contribution in [0, 0.1) is 0 Å². The molecular formula is C12H14N2O2. The molecule has 4 heteroatoms. The lowest BCUT2D eigenvalue weighted by molar-refractivity contribution is -0.118. The Morgan fingerprint density at radius 3 is 2.88 bits per heavy atom. The molecule has 4 nitrogen and oxygen atoms in total. The Bertz CT molecular complexity index is 517. The normalized spacial score (nSPS) is 10.8. The molecule has 0 radical (unpaired) electrons. The van der Waals surface area contributed by atoms with Gasteiger partial charge in [0.05, 0.1) is 6.61 Å². The number of aliphatic hydroxyl groups excluding tert-OH is 1. The Kier molecular flexibility index (Phi) is 2.92. The fraction of sp³-hybridized carbons (Fsp3) is 0.250. The lowest BCUT2D eigenvalue weighted by atomic mass is 10.1. The summed E-state index contributed by atoms with van der Waals surface area (Å²) in [5.74, 6) is -0.305. The van der Waals surface area contributed by atoms with Crippen molar-refractivity contribution in [3.05, 3.63) is 36.0 Å². The van der Waals surface area contributed by atoms with E-state index >= 15 is 0 Å². The zero-order valence-electron chi connectivity index (χ0n) is 8.89. The molecule has 0 bridgehead atoms. The zero-order chi connectivity index (χ0) is 11.5. The average Bonchev–Trinajstić information content (AvgIpc) is 2.69. The van der Waals surface area contributed by atoms with Crippen molar-refractivity contribution >= 4 is 16.8 Å². The van der Waals surface area contributed by atoms with Gasteiger partial charge in [0.2, 0.25) is 5.91 Å². The van der Waals surface area contributed by atoms with Crippen LogP contribution in [-0.2, 0) is 17.9 Å². The van der Waals surface area contributed by atoms with E-state index in [0.29, 0.717) is 13.0 Å². The van der Waals surface area contributed by atoms with Gasteiger partial charge in [-0.2, -0.15) is 0 Å². The molecule has 84 valence electrons. The number of nitrogens with two attached hydrogens (primary N) is 1. The summed E-state index contributed by atoms with van der Waals surface area (Å²) in [6, 6.07) is 7.70. The van der Waals surface area contributed by atoms with Crippen molar-refractivity contribution in [2.75, 3.05) is 0 Å². The largest absolute Gasteiger partial charge is 0.392 e. The Balaban J connectivity index is 2.37. The van der Waals surface area contributed by atoms with E-state index in [9.17, 15) is 9.90 Å². The first-order chi connectivity index (χ1) is 7.72. The topological polar surface area (TPSA) is 68.2 Å². The van der Waals surface area contributed by atoms with Gasteiger partial charge in [0.25, 0.3) is 0 Å². The highest BCUT2D eigenvalue weighted by Crippen LogP contribution is 2.20. The number of carbonyl (C=O) groups is 1. The van der Waals surface area contributed by atoms with Crippen LogP contribution in [0.3, 0.4) is 0 Å². The molecule has 0 aliphatic heterocycles. The Labute approximate surface area is 93.3 Å². The SMILES string of the molecule is NC(=O)CCn1ccc2c(CO)cccc21. The van der Waals surface area contributed by atoms with Gasteiger partial charge in [-0.15, -0.1) is 0 Å². The fourth-order valence-electron chi connectivity index (χ4n) is 1.85. The molecular weight excluding hydrogens is 204 g/mol. The van der Waals surface area contributed by atoms with Gasteiger partial charge in [0, 0.05) is 30.1 Å². The van der Waals surface area contributed by atoms with Crippen LogP contribution >= 0.6 is 0 Å². The van der Waals surface area contributed by atoms with Crippen molar-refractivity contribution in [2.24, 2.45) is 5.73 Å². The number of rotatable bonds is 4. The van der Waals surface area contributed by atoms with Gasteiger partial charge in [-0.1, -0.05) is 12.1 Å². The third-order valence-electron chi connectivity index (χ3n) is 2.67. The molecule has 1 aromatic heterocycles. The van der Waals surface area contributed by atoms with Crippen molar-refractivity contribution in [3.63, 3.8) is 0 Å². The summed E-state index contributed by atoms with van der Waals surface area (Å²) in [4.78, 5) is 10.7. The summed E-state index contributed by atoms with van der Waals surface area (Å²) in [5.41, 5.74) is 7.04. The molecule has 3 N–H and O–H groups in total. The maximum absolute atomic E-state index is 10.7. The molecule has 0 aliphatic rings. The van der Waals surface area contributed by atoms with Gasteiger partial charge in [-0.3, -0.25) is 4.79 Å². The third-order valence-corrected chi connectivity index (χ3v) is 2.67. The Morgan fingerprint density at radius 1 is 1.38 bits per heavy atom. The number of hydrogen-bond donors (Lipinski definition) is 2. The highest BCUT2D eigenvalue weighted by atomic mass is 16.3. The van der Waals surface area contributed by atoms with Crippen LogP contribution in [0.1, 0.15) is 12.0 Å². The molecule has 1 aromatic carbocycles. The van der Waals surface area contributed by atoms with Crippen molar-refractivity contribution in [3.8, 4) is 0 Å². The Hall–Kier alpha value is -1.81. The van der Waals surface area contributed by atoms with E-state index in [-0.39, 0.29) is 12.5 Å². The molecule has 0 unspecified atom stereocenters. The van der Waals surface area contributed by atoms with E-state index in [1.807, 2.05) is 35.0 Å². The van der Waals surface area contributed by atoms with Crippen LogP contribution in [0.5, 0.6) is 0 Å². The lowest BCUT2D eigenvalue weighted by Gasteiger charge is -2.04. The second kappa shape index (κ2) is 4.37. The summed E-state index contributed by atoms with van der Waals surface area (Å²) in [6.07, 6.45) is 2.24. The number of primary amides is 1. The molecule has 0 saturated carbocycles. The van der Waals surface area contributed by atoms with Gasteiger partial charge in [0.15, 0.2) is 0 Å². The quantitative estimate of drug-likeness (QED) is 0.804. The van der Waals surface area contributed by atoms with E-state index in [1.54, 1.807) is 0 Å². The Morgan fingerprint density at radius 2 is 2.19 bits per heavy atom. The molecule has 0 atom stereocenters. The van der Waals surface area contributed by atoms with Crippen LogP contribution in [0.15, 0.2) is 30.5 Å². The van der Waals surface area contributed by atoms with Crippen LogP contribution in [0.2, 0.25) is 0 Å². The number of fused-ring (bicyclic) bond motifs is 1. The summed E-state index contributed by atoms with van der Waals surface area (Å²) in [5, 5.41) is 10.2. The molecule has 1 heterocycles. The monoisotopic (exact) mass is 218 g/mol. The third kappa shape index (κ3) is 1.92. The lowest BCUT2D eigenvalue weighted by Crippen LogP contribution is -2.13. The molecule has 0 spiro atoms. The number of amides is 1. The number of nitrogens with zero attached hydrogens (tertiary/aromatic N) is 1. The maximum Gasteiger partial charge on any atom is 0.219 e. The summed E-state index contributed by atoms with van der Waals surface area (Å²) in [7, 11) is 0.